The van der Waals surface area contributed by atoms with Crippen LogP contribution in [-0.2, 0) is 5.41 Å². The van der Waals surface area contributed by atoms with Crippen molar-refractivity contribution in [3.63, 3.8) is 0 Å². The van der Waals surface area contributed by atoms with E-state index >= 15 is 0 Å². The highest BCUT2D eigenvalue weighted by atomic mass is 35.5. The lowest BCUT2D eigenvalue weighted by atomic mass is 9.87. The number of carbonyl (C=O) groups is 2. The molecule has 0 heterocycles. The van der Waals surface area contributed by atoms with E-state index in [9.17, 15) is 9.59 Å². The molecule has 0 spiro atoms. The molecule has 0 aliphatic rings. The molecule has 33 heavy (non-hydrogen) atoms. The lowest BCUT2D eigenvalue weighted by Crippen LogP contribution is -2.34. The first-order chi connectivity index (χ1) is 15.5. The van der Waals surface area contributed by atoms with E-state index in [1.54, 1.807) is 24.3 Å². The maximum atomic E-state index is 12.5. The highest BCUT2D eigenvalue weighted by Crippen LogP contribution is 2.23. The zero-order chi connectivity index (χ0) is 24.2. The van der Waals surface area contributed by atoms with E-state index in [0.717, 1.165) is 5.56 Å². The molecule has 0 saturated heterocycles. The molecule has 0 aliphatic heterocycles. The molecule has 3 rings (SSSR count). The summed E-state index contributed by atoms with van der Waals surface area (Å²) in [6.45, 7) is 6.38. The molecule has 0 aromatic heterocycles. The van der Waals surface area contributed by atoms with Crippen molar-refractivity contribution < 1.29 is 9.59 Å². The Bertz CT molecular complexity index is 1170. The Balaban J connectivity index is 1.56. The van der Waals surface area contributed by atoms with Crippen molar-refractivity contribution >= 4 is 63.7 Å². The van der Waals surface area contributed by atoms with Gasteiger partial charge in [-0.2, -0.15) is 0 Å². The predicted octanol–water partition coefficient (Wildman–Crippen LogP) is 6.67. The molecule has 2 amide bonds. The predicted molar refractivity (Wildman–Crippen MR) is 140 cm³/mol. The van der Waals surface area contributed by atoms with Gasteiger partial charge in [0.2, 0.25) is 0 Å². The summed E-state index contributed by atoms with van der Waals surface area (Å²) in [6.07, 6.45) is 0. The van der Waals surface area contributed by atoms with E-state index in [1.807, 2.05) is 24.3 Å². The summed E-state index contributed by atoms with van der Waals surface area (Å²) >= 11 is 17.1. The summed E-state index contributed by atoms with van der Waals surface area (Å²) in [5, 5.41) is 9.20. The van der Waals surface area contributed by atoms with Crippen LogP contribution in [0.1, 0.15) is 47.1 Å². The summed E-state index contributed by atoms with van der Waals surface area (Å²) < 4.78 is 0. The Morgan fingerprint density at radius 1 is 0.727 bits per heavy atom. The molecule has 170 valence electrons. The third kappa shape index (κ3) is 7.02. The van der Waals surface area contributed by atoms with Crippen LogP contribution in [0.5, 0.6) is 0 Å². The SMILES string of the molecule is CC(C)(C)c1ccc(C(=O)Nc2ccc(NC(=S)NC(=O)c3cc(Cl)cc(Cl)c3)cc2)cc1. The van der Waals surface area contributed by atoms with Crippen molar-refractivity contribution in [1.29, 1.82) is 0 Å². The van der Waals surface area contributed by atoms with Gasteiger partial charge in [0.05, 0.1) is 0 Å². The monoisotopic (exact) mass is 499 g/mol. The van der Waals surface area contributed by atoms with E-state index in [0.29, 0.717) is 32.5 Å². The lowest BCUT2D eigenvalue weighted by molar-refractivity contribution is 0.0976. The van der Waals surface area contributed by atoms with Crippen LogP contribution in [0.3, 0.4) is 0 Å². The molecule has 0 fully saturated rings. The zero-order valence-corrected chi connectivity index (χ0v) is 20.7. The highest BCUT2D eigenvalue weighted by molar-refractivity contribution is 7.80. The molecule has 0 aliphatic carbocycles. The van der Waals surface area contributed by atoms with Crippen molar-refractivity contribution in [3.8, 4) is 0 Å². The van der Waals surface area contributed by atoms with Gasteiger partial charge in [-0.25, -0.2) is 0 Å². The second kappa shape index (κ2) is 10.3. The van der Waals surface area contributed by atoms with Crippen LogP contribution in [0.15, 0.2) is 66.7 Å². The first-order valence-electron chi connectivity index (χ1n) is 10.1. The van der Waals surface area contributed by atoms with E-state index in [-0.39, 0.29) is 16.4 Å². The fourth-order valence-corrected chi connectivity index (χ4v) is 3.72. The number of hydrogen-bond donors (Lipinski definition) is 3. The smallest absolute Gasteiger partial charge is 0.257 e. The normalized spacial score (nSPS) is 10.9. The molecular weight excluding hydrogens is 477 g/mol. The Morgan fingerprint density at radius 2 is 1.24 bits per heavy atom. The fraction of sp³-hybridized carbons (Fsp3) is 0.160. The summed E-state index contributed by atoms with van der Waals surface area (Å²) in [5.41, 5.74) is 3.35. The average molecular weight is 500 g/mol. The third-order valence-corrected chi connectivity index (χ3v) is 5.41. The second-order valence-corrected chi connectivity index (χ2v) is 9.71. The van der Waals surface area contributed by atoms with Gasteiger partial charge in [-0.05, 0) is 77.8 Å². The first-order valence-corrected chi connectivity index (χ1v) is 11.3. The molecule has 0 saturated carbocycles. The van der Waals surface area contributed by atoms with Crippen LogP contribution >= 0.6 is 35.4 Å². The topological polar surface area (TPSA) is 70.2 Å². The summed E-state index contributed by atoms with van der Waals surface area (Å²) in [5.74, 6) is -0.627. The van der Waals surface area contributed by atoms with Gasteiger partial charge in [0.1, 0.15) is 0 Å². The first kappa shape index (κ1) is 24.7. The number of anilines is 2. The van der Waals surface area contributed by atoms with Crippen LogP contribution in [0.4, 0.5) is 11.4 Å². The minimum Gasteiger partial charge on any atom is -0.332 e. The van der Waals surface area contributed by atoms with Crippen molar-refractivity contribution in [2.75, 3.05) is 10.6 Å². The van der Waals surface area contributed by atoms with Crippen LogP contribution in [0, 0.1) is 0 Å². The van der Waals surface area contributed by atoms with E-state index in [2.05, 4.69) is 36.7 Å². The molecule has 0 unspecified atom stereocenters. The van der Waals surface area contributed by atoms with Gasteiger partial charge in [-0.1, -0.05) is 56.1 Å². The Morgan fingerprint density at radius 3 is 1.76 bits per heavy atom. The quantitative estimate of drug-likeness (QED) is 0.350. The standard InChI is InChI=1S/C25H23Cl2N3O2S/c1-25(2,3)17-6-4-15(5-7-17)22(31)28-20-8-10-21(11-9-20)29-24(33)30-23(32)16-12-18(26)14-19(27)13-16/h4-14H,1-3H3,(H,28,31)(H2,29,30,32,33). The largest absolute Gasteiger partial charge is 0.332 e. The number of thiocarbonyl (C=S) groups is 1. The maximum absolute atomic E-state index is 12.5. The zero-order valence-electron chi connectivity index (χ0n) is 18.3. The Labute approximate surface area is 208 Å². The molecule has 0 atom stereocenters. The number of carbonyl (C=O) groups excluding carboxylic acids is 2. The van der Waals surface area contributed by atoms with Gasteiger partial charge in [0.25, 0.3) is 11.8 Å². The molecular formula is C25H23Cl2N3O2S. The van der Waals surface area contributed by atoms with Crippen molar-refractivity contribution in [3.05, 3.63) is 93.5 Å². The maximum Gasteiger partial charge on any atom is 0.257 e. The van der Waals surface area contributed by atoms with Gasteiger partial charge in [-0.15, -0.1) is 0 Å². The summed E-state index contributed by atoms with van der Waals surface area (Å²) in [7, 11) is 0. The molecule has 8 heteroatoms. The highest BCUT2D eigenvalue weighted by Gasteiger charge is 2.14. The van der Waals surface area contributed by atoms with Crippen LogP contribution in [-0.4, -0.2) is 16.9 Å². The average Bonchev–Trinajstić information content (AvgIpc) is 2.74. The molecule has 3 aromatic carbocycles. The van der Waals surface area contributed by atoms with E-state index in [1.165, 1.54) is 18.2 Å². The Hall–Kier alpha value is -2.93. The number of amides is 2. The number of benzene rings is 3. The van der Waals surface area contributed by atoms with Gasteiger partial charge < -0.3 is 10.6 Å². The van der Waals surface area contributed by atoms with Crippen molar-refractivity contribution in [2.45, 2.75) is 26.2 Å². The van der Waals surface area contributed by atoms with Gasteiger partial charge >= 0.3 is 0 Å². The van der Waals surface area contributed by atoms with Crippen LogP contribution in [0.25, 0.3) is 0 Å². The van der Waals surface area contributed by atoms with Gasteiger partial charge in [-0.3, -0.25) is 14.9 Å². The van der Waals surface area contributed by atoms with E-state index < -0.39 is 5.91 Å². The van der Waals surface area contributed by atoms with E-state index in [4.69, 9.17) is 35.4 Å². The second-order valence-electron chi connectivity index (χ2n) is 8.43. The molecule has 0 radical (unpaired) electrons. The minimum absolute atomic E-state index is 0.0269. The molecule has 3 N–H and O–H groups in total. The fourth-order valence-electron chi connectivity index (χ4n) is 2.98. The number of rotatable bonds is 4. The van der Waals surface area contributed by atoms with Crippen LogP contribution in [0.2, 0.25) is 10.0 Å². The molecule has 0 bridgehead atoms. The summed E-state index contributed by atoms with van der Waals surface area (Å²) in [6, 6.07) is 19.1. The van der Waals surface area contributed by atoms with Gasteiger partial charge in [0, 0.05) is 32.5 Å². The molecule has 5 nitrogen and oxygen atoms in total. The van der Waals surface area contributed by atoms with Crippen molar-refractivity contribution in [2.24, 2.45) is 0 Å². The third-order valence-electron chi connectivity index (χ3n) is 4.77. The number of nitrogens with one attached hydrogen (secondary N) is 3. The lowest BCUT2D eigenvalue weighted by Gasteiger charge is -2.19. The van der Waals surface area contributed by atoms with Gasteiger partial charge in [0.15, 0.2) is 5.11 Å². The number of hydrogen-bond acceptors (Lipinski definition) is 3. The van der Waals surface area contributed by atoms with Crippen molar-refractivity contribution in [1.82, 2.24) is 5.32 Å². The minimum atomic E-state index is -0.432. The van der Waals surface area contributed by atoms with Crippen LogP contribution < -0.4 is 16.0 Å². The number of halogens is 2. The Kier molecular flexibility index (Phi) is 7.74. The summed E-state index contributed by atoms with van der Waals surface area (Å²) in [4.78, 5) is 24.9. The molecule has 3 aromatic rings.